The van der Waals surface area contributed by atoms with Gasteiger partial charge in [-0.05, 0) is 84.9 Å². The zero-order valence-corrected chi connectivity index (χ0v) is 38.5. The predicted octanol–water partition coefficient (Wildman–Crippen LogP) is 17.0. The number of nitrogens with zero attached hydrogens (tertiary/aromatic N) is 6. The molecule has 72 heavy (non-hydrogen) atoms. The van der Waals surface area contributed by atoms with Crippen molar-refractivity contribution in [3.63, 3.8) is 0 Å². The van der Waals surface area contributed by atoms with E-state index in [4.69, 9.17) is 0 Å². The summed E-state index contributed by atoms with van der Waals surface area (Å²) in [6.45, 7) is 0. The number of aromatic nitrogens is 6. The molecule has 0 atom stereocenters. The third-order valence-electron chi connectivity index (χ3n) is 16.8. The lowest BCUT2D eigenvalue weighted by Crippen LogP contribution is -1.97. The smallest absolute Gasteiger partial charge is 0.0784 e. The summed E-state index contributed by atoms with van der Waals surface area (Å²) in [5.74, 6) is 0. The minimum atomic E-state index is 1.16. The quantitative estimate of drug-likeness (QED) is 0.155. The Bertz CT molecular complexity index is 5270. The van der Waals surface area contributed by atoms with Crippen LogP contribution in [-0.4, -0.2) is 26.7 Å². The van der Waals surface area contributed by atoms with Gasteiger partial charge in [0.05, 0.1) is 88.3 Å². The number of benzene rings is 11. The molecule has 0 aliphatic rings. The standard InChI is InChI=1S/C66H36N6/c1-3-15-37(16-4-1)67-49-25-9-7-19-39(49)43-31-33-51-59(65(43)67)45-23-13-29-55-63(45)69(51)53-27-11-21-41-47-35-48-42-22-12-28-54-62(42)72(58(48)36-57(47)71(55)61(41)53)56-30-14-24-46-60-52(70(54)64(46)56)34-32-44-40-20-8-10-26-50(40)68(66(44)60)38-17-5-2-6-18-38/h1-36H. The first kappa shape index (κ1) is 36.2. The van der Waals surface area contributed by atoms with E-state index < -0.39 is 0 Å². The minimum absolute atomic E-state index is 1.16. The van der Waals surface area contributed by atoms with Gasteiger partial charge in [0, 0.05) is 76.0 Å². The molecule has 0 bridgehead atoms. The van der Waals surface area contributed by atoms with E-state index in [1.807, 2.05) is 0 Å². The van der Waals surface area contributed by atoms with Gasteiger partial charge in [0.1, 0.15) is 0 Å². The molecular weight excluding hydrogens is 877 g/mol. The highest BCUT2D eigenvalue weighted by molar-refractivity contribution is 6.32. The number of para-hydroxylation sites is 8. The van der Waals surface area contributed by atoms with Crippen LogP contribution in [-0.2, 0) is 0 Å². The highest BCUT2D eigenvalue weighted by atomic mass is 15.0. The Morgan fingerprint density at radius 1 is 0.181 bits per heavy atom. The van der Waals surface area contributed by atoms with Gasteiger partial charge in [0.25, 0.3) is 0 Å². The molecule has 0 unspecified atom stereocenters. The van der Waals surface area contributed by atoms with Crippen molar-refractivity contribution >= 4 is 153 Å². The molecule has 19 aromatic rings. The first-order valence-electron chi connectivity index (χ1n) is 25.0. The van der Waals surface area contributed by atoms with Crippen LogP contribution < -0.4 is 0 Å². The summed E-state index contributed by atoms with van der Waals surface area (Å²) < 4.78 is 15.2. The monoisotopic (exact) mass is 912 g/mol. The molecule has 11 aromatic carbocycles. The Morgan fingerprint density at radius 3 is 0.958 bits per heavy atom. The molecule has 0 radical (unpaired) electrons. The normalized spacial score (nSPS) is 13.0. The molecule has 0 fully saturated rings. The second-order valence-corrected chi connectivity index (χ2v) is 20.0. The second-order valence-electron chi connectivity index (χ2n) is 20.0. The predicted molar refractivity (Wildman–Crippen MR) is 301 cm³/mol. The van der Waals surface area contributed by atoms with E-state index in [2.05, 4.69) is 245 Å². The van der Waals surface area contributed by atoms with Crippen molar-refractivity contribution in [1.82, 2.24) is 26.7 Å². The van der Waals surface area contributed by atoms with E-state index in [-0.39, 0.29) is 0 Å². The molecule has 0 amide bonds. The molecule has 19 rings (SSSR count). The van der Waals surface area contributed by atoms with Gasteiger partial charge in [-0.15, -0.1) is 0 Å². The van der Waals surface area contributed by atoms with Crippen molar-refractivity contribution in [3.05, 3.63) is 218 Å². The van der Waals surface area contributed by atoms with Crippen molar-refractivity contribution in [2.45, 2.75) is 0 Å². The van der Waals surface area contributed by atoms with Gasteiger partial charge in [-0.25, -0.2) is 0 Å². The van der Waals surface area contributed by atoms with Crippen molar-refractivity contribution in [2.75, 3.05) is 0 Å². The van der Waals surface area contributed by atoms with Crippen molar-refractivity contribution in [2.24, 2.45) is 0 Å². The fourth-order valence-electron chi connectivity index (χ4n) is 14.2. The molecule has 0 aliphatic heterocycles. The molecule has 0 aliphatic carbocycles. The molecule has 6 nitrogen and oxygen atoms in total. The van der Waals surface area contributed by atoms with Gasteiger partial charge >= 0.3 is 0 Å². The fraction of sp³-hybridized carbons (Fsp3) is 0. The van der Waals surface area contributed by atoms with Gasteiger partial charge in [-0.3, -0.25) is 0 Å². The SMILES string of the molecule is c1ccc(-n2c3ccccc3c3ccc4c(c5cccc6c5n4c4cccc5c7cc8c9cccc%10c9n(c8cc7n6c54)c4cccc5c6c7c(ccc6n%10c54)c4ccccc4n7-c4ccccc4)c32)cc1. The van der Waals surface area contributed by atoms with Gasteiger partial charge in [-0.2, -0.15) is 0 Å². The molecule has 0 N–H and O–H groups in total. The third-order valence-corrected chi connectivity index (χ3v) is 16.8. The van der Waals surface area contributed by atoms with Gasteiger partial charge in [0.15, 0.2) is 0 Å². The number of hydrogen-bond donors (Lipinski definition) is 0. The van der Waals surface area contributed by atoms with Crippen LogP contribution in [0.1, 0.15) is 0 Å². The summed E-state index contributed by atoms with van der Waals surface area (Å²) in [5, 5.41) is 15.2. The molecule has 0 spiro atoms. The summed E-state index contributed by atoms with van der Waals surface area (Å²) in [4.78, 5) is 0. The van der Waals surface area contributed by atoms with E-state index in [9.17, 15) is 0 Å². The van der Waals surface area contributed by atoms with Crippen LogP contribution in [0.25, 0.3) is 164 Å². The molecular formula is C66H36N6. The molecule has 330 valence electrons. The van der Waals surface area contributed by atoms with E-state index in [0.717, 1.165) is 11.4 Å². The van der Waals surface area contributed by atoms with E-state index in [1.165, 1.54) is 153 Å². The maximum atomic E-state index is 2.58. The van der Waals surface area contributed by atoms with Crippen LogP contribution in [0.3, 0.4) is 0 Å². The van der Waals surface area contributed by atoms with Crippen LogP contribution in [0, 0.1) is 0 Å². The Morgan fingerprint density at radius 2 is 0.514 bits per heavy atom. The number of hydrogen-bond acceptors (Lipinski definition) is 0. The molecule has 8 aromatic heterocycles. The van der Waals surface area contributed by atoms with Crippen LogP contribution in [0.2, 0.25) is 0 Å². The van der Waals surface area contributed by atoms with Crippen LogP contribution in [0.4, 0.5) is 0 Å². The average Bonchev–Trinajstić information content (AvgIpc) is 4.28. The van der Waals surface area contributed by atoms with Crippen molar-refractivity contribution < 1.29 is 0 Å². The lowest BCUT2D eigenvalue weighted by Gasteiger charge is -2.12. The average molecular weight is 913 g/mol. The summed E-state index contributed by atoms with van der Waals surface area (Å²) >= 11 is 0. The topological polar surface area (TPSA) is 27.5 Å². The summed E-state index contributed by atoms with van der Waals surface area (Å²) in [7, 11) is 0. The largest absolute Gasteiger partial charge is 0.309 e. The van der Waals surface area contributed by atoms with E-state index in [0.29, 0.717) is 0 Å². The highest BCUT2D eigenvalue weighted by Gasteiger charge is 2.28. The van der Waals surface area contributed by atoms with E-state index in [1.54, 1.807) is 0 Å². The number of fused-ring (bicyclic) bond motifs is 24. The van der Waals surface area contributed by atoms with Crippen molar-refractivity contribution in [1.29, 1.82) is 0 Å². The summed E-state index contributed by atoms with van der Waals surface area (Å²) in [6, 6.07) is 81.7. The maximum Gasteiger partial charge on any atom is 0.0784 e. The van der Waals surface area contributed by atoms with E-state index >= 15 is 0 Å². The van der Waals surface area contributed by atoms with Gasteiger partial charge < -0.3 is 26.7 Å². The molecule has 6 heteroatoms. The lowest BCUT2D eigenvalue weighted by molar-refractivity contribution is 1.19. The third kappa shape index (κ3) is 3.98. The Balaban J connectivity index is 0.977. The Kier molecular flexibility index (Phi) is 6.20. The van der Waals surface area contributed by atoms with Gasteiger partial charge in [-0.1, -0.05) is 133 Å². The van der Waals surface area contributed by atoms with Crippen LogP contribution in [0.5, 0.6) is 0 Å². The second kappa shape index (κ2) is 12.3. The Hall–Kier alpha value is -9.78. The molecule has 8 heterocycles. The summed E-state index contributed by atoms with van der Waals surface area (Å²) in [6.07, 6.45) is 0. The van der Waals surface area contributed by atoms with Crippen LogP contribution in [0.15, 0.2) is 218 Å². The minimum Gasteiger partial charge on any atom is -0.309 e. The first-order valence-corrected chi connectivity index (χ1v) is 25.0. The maximum absolute atomic E-state index is 2.58. The van der Waals surface area contributed by atoms with Crippen molar-refractivity contribution in [3.8, 4) is 11.4 Å². The fourth-order valence-corrected chi connectivity index (χ4v) is 14.2. The Labute approximate surface area is 407 Å². The molecule has 0 saturated carbocycles. The molecule has 0 saturated heterocycles. The van der Waals surface area contributed by atoms with Crippen LogP contribution >= 0.6 is 0 Å². The first-order chi connectivity index (χ1) is 35.8. The summed E-state index contributed by atoms with van der Waals surface area (Å²) in [5.41, 5.74) is 21.9. The lowest BCUT2D eigenvalue weighted by atomic mass is 10.1. The zero-order valence-electron chi connectivity index (χ0n) is 38.5. The zero-order chi connectivity index (χ0) is 46.2. The highest BCUT2D eigenvalue weighted by Crippen LogP contribution is 2.49. The number of rotatable bonds is 2. The van der Waals surface area contributed by atoms with Gasteiger partial charge in [0.2, 0.25) is 0 Å².